The monoisotopic (exact) mass is 1390 g/mol. The number of amides is 2. The molecule has 0 saturated carbocycles. The van der Waals surface area contributed by atoms with Gasteiger partial charge in [-0.15, -0.1) is 0 Å². The van der Waals surface area contributed by atoms with Crippen molar-refractivity contribution in [1.82, 2.24) is 39.5 Å². The summed E-state index contributed by atoms with van der Waals surface area (Å²) in [5.74, 6) is 0.442. The van der Waals surface area contributed by atoms with Gasteiger partial charge in [0.2, 0.25) is 11.8 Å². The van der Waals surface area contributed by atoms with E-state index in [9.17, 15) is 39.7 Å². The second kappa shape index (κ2) is 70.1. The molecule has 0 unspecified atom stereocenters. The molecule has 0 aromatic heterocycles. The lowest BCUT2D eigenvalue weighted by Crippen LogP contribution is -2.47. The van der Waals surface area contributed by atoms with Crippen molar-refractivity contribution >= 4 is 54.1 Å². The summed E-state index contributed by atoms with van der Waals surface area (Å²) in [4.78, 5) is 41.0. The summed E-state index contributed by atoms with van der Waals surface area (Å²) in [5, 5.41) is 86.6. The quantitative estimate of drug-likeness (QED) is 0.0118. The van der Waals surface area contributed by atoms with Crippen molar-refractivity contribution in [3.8, 4) is 0 Å². The average molecular weight is 1390 g/mol. The first-order chi connectivity index (χ1) is 47.3. The molecule has 25 heteroatoms. The summed E-state index contributed by atoms with van der Waals surface area (Å²) < 4.78 is 0. The van der Waals surface area contributed by atoms with E-state index < -0.39 is 48.4 Å². The Labute approximate surface area is 606 Å². The lowest BCUT2D eigenvalue weighted by molar-refractivity contribution is -0.286. The number of unbranched alkanes of at least 4 members (excludes halogenated alkanes) is 37. The van der Waals surface area contributed by atoms with Gasteiger partial charge in [-0.3, -0.25) is 14.8 Å². The Balaban J connectivity index is 4.19. The first kappa shape index (κ1) is 96.7. The Hall–Kier alpha value is -1.27. The van der Waals surface area contributed by atoms with E-state index in [0.29, 0.717) is 38.8 Å². The molecule has 19 nitrogen and oxygen atoms in total. The van der Waals surface area contributed by atoms with Crippen molar-refractivity contribution in [2.45, 2.75) is 355 Å². The third-order valence-corrected chi connectivity index (χ3v) is 20.6. The molecule has 1 atom stereocenters. The van der Waals surface area contributed by atoms with Crippen LogP contribution in [-0.2, 0) is 14.5 Å². The van der Waals surface area contributed by atoms with Crippen LogP contribution in [0.5, 0.6) is 0 Å². The SMILES string of the molecule is CB(O)N(C)CCCN(CCCCN(CC(CCCCCCNC(=O)CCCCCCCCCCCCCCCCCCCCCCCCCCCCCCCCCCCNC(=O)CCC[C@@H](CO)OO)CN(CCCCN(CCCN(C)B(C)O)B(C)O)B(C)O)B(C)O)B(C)O. The van der Waals surface area contributed by atoms with Crippen molar-refractivity contribution in [2.24, 2.45) is 5.92 Å². The summed E-state index contributed by atoms with van der Waals surface area (Å²) in [6, 6.07) is 0. The maximum Gasteiger partial charge on any atom is 0.376 e. The van der Waals surface area contributed by atoms with E-state index in [2.05, 4.69) is 34.8 Å². The van der Waals surface area contributed by atoms with Crippen molar-refractivity contribution in [3.05, 3.63) is 0 Å². The Kier molecular flexibility index (Phi) is 69.2. The van der Waals surface area contributed by atoms with E-state index in [1.165, 1.54) is 193 Å². The molecule has 0 radical (unpaired) electrons. The molecule has 0 rings (SSSR count). The van der Waals surface area contributed by atoms with Gasteiger partial charge in [-0.1, -0.05) is 218 Å². The van der Waals surface area contributed by atoms with Crippen LogP contribution < -0.4 is 10.6 Å². The lowest BCUT2D eigenvalue weighted by atomic mass is 9.80. The van der Waals surface area contributed by atoms with Crippen LogP contribution >= 0.6 is 0 Å². The maximum atomic E-state index is 12.7. The highest BCUT2D eigenvalue weighted by Gasteiger charge is 2.26. The molecule has 0 aromatic carbocycles. The number of rotatable bonds is 77. The van der Waals surface area contributed by atoms with Gasteiger partial charge in [0.15, 0.2) is 0 Å². The van der Waals surface area contributed by atoms with Crippen LogP contribution in [0.2, 0.25) is 40.9 Å². The number of carbonyl (C=O) groups excluding carboxylic acids is 2. The zero-order valence-corrected chi connectivity index (χ0v) is 65.2. The molecular formula is C73H158B6N8O11. The summed E-state index contributed by atoms with van der Waals surface area (Å²) in [5.41, 5.74) is 0. The Morgan fingerprint density at radius 3 is 0.847 bits per heavy atom. The molecule has 0 spiro atoms. The number of hydrogen-bond donors (Lipinski definition) is 10. The van der Waals surface area contributed by atoms with Gasteiger partial charge in [0.1, 0.15) is 6.10 Å². The highest BCUT2D eigenvalue weighted by atomic mass is 17.1. The highest BCUT2D eigenvalue weighted by molar-refractivity contribution is 6.46. The number of aliphatic hydroxyl groups excluding tert-OH is 1. The van der Waals surface area contributed by atoms with Gasteiger partial charge in [-0.2, -0.15) is 0 Å². The molecule has 0 aliphatic heterocycles. The molecule has 98 heavy (non-hydrogen) atoms. The first-order valence-corrected chi connectivity index (χ1v) is 41.2. The van der Waals surface area contributed by atoms with Gasteiger partial charge in [0.05, 0.1) is 6.61 Å². The van der Waals surface area contributed by atoms with Crippen molar-refractivity contribution in [1.29, 1.82) is 0 Å². The summed E-state index contributed by atoms with van der Waals surface area (Å²) in [6.45, 7) is 19.4. The number of hydrogen-bond acceptors (Lipinski definition) is 17. The predicted octanol–water partition coefficient (Wildman–Crippen LogP) is 13.1. The maximum absolute atomic E-state index is 12.7. The van der Waals surface area contributed by atoms with Crippen LogP contribution in [0.3, 0.4) is 0 Å². The Morgan fingerprint density at radius 2 is 0.571 bits per heavy atom. The highest BCUT2D eigenvalue weighted by Crippen LogP contribution is 2.21. The van der Waals surface area contributed by atoms with Gasteiger partial charge in [-0.05, 0) is 203 Å². The fraction of sp³-hybridized carbons (Fsp3) is 0.973. The predicted molar refractivity (Wildman–Crippen MR) is 420 cm³/mol. The van der Waals surface area contributed by atoms with Crippen LogP contribution in [-0.4, -0.2) is 229 Å². The first-order valence-electron chi connectivity index (χ1n) is 41.2. The average Bonchev–Trinajstić information content (AvgIpc) is 1.32. The molecule has 2 amide bonds. The Bertz CT molecular complexity index is 1670. The number of carbonyl (C=O) groups is 2. The second-order valence-electron chi connectivity index (χ2n) is 29.9. The van der Waals surface area contributed by atoms with Crippen LogP contribution in [0.15, 0.2) is 0 Å². The summed E-state index contributed by atoms with van der Waals surface area (Å²) in [6.07, 6.45) is 56.0. The van der Waals surface area contributed by atoms with E-state index in [0.717, 1.165) is 155 Å². The van der Waals surface area contributed by atoms with Gasteiger partial charge >= 0.3 is 42.3 Å². The minimum Gasteiger partial charge on any atom is -0.437 e. The van der Waals surface area contributed by atoms with Crippen molar-refractivity contribution in [3.63, 3.8) is 0 Å². The molecular weight excluding hydrogens is 1230 g/mol. The number of nitrogens with zero attached hydrogens (tertiary/aromatic N) is 6. The zero-order chi connectivity index (χ0) is 72.5. The minimum absolute atomic E-state index is 0.0351. The standard InChI is InChI=1S/C73H158B6N8O11/c1-74(91)82(7)59-51-65-84(76(3)93)61-46-48-63-86(78(5)95)67-70(68-87(79(6)96)64-49-47-62-85(77(4)94)66-52-60-83(8)75(2)92)53-42-39-41-45-58-80-72(89)55-43-38-36-34-32-30-28-26-24-22-20-18-16-14-12-10-9-11-13-15-17-19-21-23-25-27-29-31-33-35-37-40-44-57-81-73(90)56-50-54-71(69-88)98-97/h70-71,88,91-97H,9-69H2,1-8H3,(H,80,89)(H,81,90)/t71-/m0/s1. The third kappa shape index (κ3) is 62.1. The second-order valence-corrected chi connectivity index (χ2v) is 29.9. The molecule has 574 valence electrons. The fourth-order valence-corrected chi connectivity index (χ4v) is 13.5. The van der Waals surface area contributed by atoms with Crippen LogP contribution in [0.25, 0.3) is 0 Å². The summed E-state index contributed by atoms with van der Waals surface area (Å²) in [7, 11) is 0.439. The van der Waals surface area contributed by atoms with Crippen LogP contribution in [0.4, 0.5) is 0 Å². The van der Waals surface area contributed by atoms with Crippen molar-refractivity contribution < 1.29 is 55.0 Å². The van der Waals surface area contributed by atoms with E-state index >= 15 is 0 Å². The molecule has 0 heterocycles. The molecule has 0 aliphatic rings. The molecule has 0 fully saturated rings. The topological polar surface area (TPSA) is 249 Å². The third-order valence-electron chi connectivity index (χ3n) is 20.6. The molecule has 0 aliphatic carbocycles. The van der Waals surface area contributed by atoms with E-state index in [4.69, 9.17) is 10.4 Å². The molecule has 0 saturated heterocycles. The molecule has 10 N–H and O–H groups in total. The normalized spacial score (nSPS) is 12.2. The van der Waals surface area contributed by atoms with Crippen LogP contribution in [0.1, 0.15) is 308 Å². The van der Waals surface area contributed by atoms with Gasteiger partial charge in [0, 0.05) is 25.9 Å². The zero-order valence-electron chi connectivity index (χ0n) is 65.2. The van der Waals surface area contributed by atoms with E-state index in [-0.39, 0.29) is 24.3 Å². The van der Waals surface area contributed by atoms with Gasteiger partial charge in [-0.25, -0.2) is 4.89 Å². The van der Waals surface area contributed by atoms with E-state index in [1.807, 2.05) is 51.0 Å². The van der Waals surface area contributed by atoms with Gasteiger partial charge in [0.25, 0.3) is 0 Å². The smallest absolute Gasteiger partial charge is 0.376 e. The van der Waals surface area contributed by atoms with Crippen molar-refractivity contribution in [2.75, 3.05) is 99.2 Å². The van der Waals surface area contributed by atoms with E-state index in [1.54, 1.807) is 13.6 Å². The molecule has 0 bridgehead atoms. The largest absolute Gasteiger partial charge is 0.437 e. The Morgan fingerprint density at radius 1 is 0.316 bits per heavy atom. The van der Waals surface area contributed by atoms with Crippen LogP contribution in [0, 0.1) is 5.92 Å². The number of aliphatic hydroxyl groups is 1. The lowest BCUT2D eigenvalue weighted by Gasteiger charge is -2.33. The fourth-order valence-electron chi connectivity index (χ4n) is 13.5. The summed E-state index contributed by atoms with van der Waals surface area (Å²) >= 11 is 0. The number of nitrogens with one attached hydrogen (secondary N) is 2. The minimum atomic E-state index is -0.619. The molecule has 0 aromatic rings. The van der Waals surface area contributed by atoms with Gasteiger partial charge < -0.3 is 74.7 Å².